The SMILES string of the molecule is COc1ccc(C(=O)N2CCC[C@H]2C(=O)c2ccc(OC)c(-c3csc4c(F)cccc34)n2)cc1OC. The van der Waals surface area contributed by atoms with Crippen LogP contribution in [-0.2, 0) is 0 Å². The van der Waals surface area contributed by atoms with E-state index in [0.29, 0.717) is 63.5 Å². The number of fused-ring (bicyclic) bond motifs is 1. The molecule has 9 heteroatoms. The quantitative estimate of drug-likeness (QED) is 0.295. The van der Waals surface area contributed by atoms with Gasteiger partial charge in [0.15, 0.2) is 11.5 Å². The maximum Gasteiger partial charge on any atom is 0.254 e. The summed E-state index contributed by atoms with van der Waals surface area (Å²) in [5.74, 6) is 0.617. The predicted octanol–water partition coefficient (Wildman–Crippen LogP) is 5.62. The topological polar surface area (TPSA) is 78.0 Å². The van der Waals surface area contributed by atoms with Crippen molar-refractivity contribution in [2.75, 3.05) is 27.9 Å². The molecule has 1 aliphatic rings. The Balaban J connectivity index is 1.48. The Morgan fingerprint density at radius 3 is 2.51 bits per heavy atom. The molecule has 4 aromatic rings. The van der Waals surface area contributed by atoms with Crippen LogP contribution in [0.1, 0.15) is 33.7 Å². The molecule has 0 N–H and O–H groups in total. The number of ketones is 1. The first-order valence-corrected chi connectivity index (χ1v) is 12.6. The lowest BCUT2D eigenvalue weighted by Crippen LogP contribution is -2.40. The number of rotatable bonds is 7. The Labute approximate surface area is 217 Å². The standard InChI is InChI=1S/C28H25FN2O5S/c1-34-22-11-9-16(14-24(22)36-3)28(33)31-13-5-8-21(31)26(32)20-10-12-23(35-2)25(30-20)18-15-37-27-17(18)6-4-7-19(27)29/h4,6-7,9-12,14-15,21H,5,8,13H2,1-3H3/t21-/m0/s1. The number of pyridine rings is 1. The summed E-state index contributed by atoms with van der Waals surface area (Å²) < 4.78 is 30.9. The Hall–Kier alpha value is -3.98. The highest BCUT2D eigenvalue weighted by Gasteiger charge is 2.36. The number of benzene rings is 2. The van der Waals surface area contributed by atoms with Gasteiger partial charge in [-0.1, -0.05) is 12.1 Å². The van der Waals surface area contributed by atoms with E-state index < -0.39 is 6.04 Å². The van der Waals surface area contributed by atoms with Crippen LogP contribution in [0.2, 0.25) is 0 Å². The number of nitrogens with zero attached hydrogens (tertiary/aromatic N) is 2. The number of likely N-dealkylation sites (tertiary alicyclic amines) is 1. The summed E-state index contributed by atoms with van der Waals surface area (Å²) in [6.45, 7) is 0.459. The van der Waals surface area contributed by atoms with E-state index in [1.165, 1.54) is 38.7 Å². The molecule has 1 atom stereocenters. The fourth-order valence-electron chi connectivity index (χ4n) is 4.73. The monoisotopic (exact) mass is 520 g/mol. The molecule has 0 aliphatic carbocycles. The lowest BCUT2D eigenvalue weighted by Gasteiger charge is -2.24. The van der Waals surface area contributed by atoms with E-state index in [2.05, 4.69) is 4.98 Å². The van der Waals surface area contributed by atoms with Crippen molar-refractivity contribution in [1.29, 1.82) is 0 Å². The highest BCUT2D eigenvalue weighted by molar-refractivity contribution is 7.17. The van der Waals surface area contributed by atoms with Gasteiger partial charge in [0.05, 0.1) is 32.1 Å². The van der Waals surface area contributed by atoms with Gasteiger partial charge in [-0.05, 0) is 49.2 Å². The highest BCUT2D eigenvalue weighted by Crippen LogP contribution is 2.39. The van der Waals surface area contributed by atoms with Crippen molar-refractivity contribution < 1.29 is 28.2 Å². The van der Waals surface area contributed by atoms with E-state index in [0.717, 1.165) is 0 Å². The highest BCUT2D eigenvalue weighted by atomic mass is 32.1. The van der Waals surface area contributed by atoms with Gasteiger partial charge in [0.25, 0.3) is 5.91 Å². The molecule has 37 heavy (non-hydrogen) atoms. The average molecular weight is 521 g/mol. The summed E-state index contributed by atoms with van der Waals surface area (Å²) in [6.07, 6.45) is 1.24. The molecule has 1 aliphatic heterocycles. The average Bonchev–Trinajstić information content (AvgIpc) is 3.60. The lowest BCUT2D eigenvalue weighted by atomic mass is 10.0. The molecular formula is C28H25FN2O5S. The molecular weight excluding hydrogens is 495 g/mol. The molecule has 2 aromatic heterocycles. The number of ether oxygens (including phenoxy) is 3. The molecule has 0 unspecified atom stereocenters. The summed E-state index contributed by atoms with van der Waals surface area (Å²) in [7, 11) is 4.56. The van der Waals surface area contributed by atoms with Gasteiger partial charge < -0.3 is 19.1 Å². The fourth-order valence-corrected chi connectivity index (χ4v) is 5.69. The van der Waals surface area contributed by atoms with Crippen LogP contribution in [-0.4, -0.2) is 55.5 Å². The predicted molar refractivity (Wildman–Crippen MR) is 140 cm³/mol. The first-order valence-electron chi connectivity index (χ1n) is 11.7. The van der Waals surface area contributed by atoms with Crippen LogP contribution < -0.4 is 14.2 Å². The van der Waals surface area contributed by atoms with Gasteiger partial charge in [-0.2, -0.15) is 0 Å². The number of Topliss-reactive ketones (excluding diaryl/α,β-unsaturated/α-hetero) is 1. The van der Waals surface area contributed by atoms with Gasteiger partial charge in [0, 0.05) is 28.4 Å². The van der Waals surface area contributed by atoms with Gasteiger partial charge in [-0.25, -0.2) is 9.37 Å². The van der Waals surface area contributed by atoms with E-state index >= 15 is 0 Å². The molecule has 190 valence electrons. The Morgan fingerprint density at radius 1 is 1.00 bits per heavy atom. The molecule has 2 aromatic carbocycles. The van der Waals surface area contributed by atoms with E-state index in [9.17, 15) is 14.0 Å². The van der Waals surface area contributed by atoms with Crippen LogP contribution in [0.15, 0.2) is 53.9 Å². The van der Waals surface area contributed by atoms with E-state index in [4.69, 9.17) is 14.2 Å². The summed E-state index contributed by atoms with van der Waals surface area (Å²) in [5.41, 5.74) is 1.78. The number of hydrogen-bond acceptors (Lipinski definition) is 7. The number of thiophene rings is 1. The molecule has 5 rings (SSSR count). The second-order valence-corrected chi connectivity index (χ2v) is 9.48. The zero-order chi connectivity index (χ0) is 26.1. The van der Waals surface area contributed by atoms with Gasteiger partial charge >= 0.3 is 0 Å². The Kier molecular flexibility index (Phi) is 6.80. The first-order chi connectivity index (χ1) is 18.0. The largest absolute Gasteiger partial charge is 0.494 e. The molecule has 0 radical (unpaired) electrons. The third kappa shape index (κ3) is 4.40. The van der Waals surface area contributed by atoms with Crippen molar-refractivity contribution in [2.24, 2.45) is 0 Å². The third-order valence-electron chi connectivity index (χ3n) is 6.58. The van der Waals surface area contributed by atoms with Crippen LogP contribution >= 0.6 is 11.3 Å². The number of carbonyl (C=O) groups excluding carboxylic acids is 2. The van der Waals surface area contributed by atoms with Crippen molar-refractivity contribution in [3.8, 4) is 28.5 Å². The summed E-state index contributed by atoms with van der Waals surface area (Å²) in [4.78, 5) is 33.3. The maximum absolute atomic E-state index is 14.3. The minimum atomic E-state index is -0.647. The van der Waals surface area contributed by atoms with Crippen molar-refractivity contribution in [1.82, 2.24) is 9.88 Å². The van der Waals surface area contributed by atoms with Crippen LogP contribution in [0.3, 0.4) is 0 Å². The smallest absolute Gasteiger partial charge is 0.254 e. The number of methoxy groups -OCH3 is 3. The Bertz CT molecular complexity index is 1500. The zero-order valence-corrected chi connectivity index (χ0v) is 21.4. The van der Waals surface area contributed by atoms with Crippen LogP contribution in [0.25, 0.3) is 21.3 Å². The molecule has 1 fully saturated rings. The number of carbonyl (C=O) groups is 2. The van der Waals surface area contributed by atoms with Crippen molar-refractivity contribution >= 4 is 33.1 Å². The van der Waals surface area contributed by atoms with Crippen molar-refractivity contribution in [3.05, 3.63) is 71.0 Å². The van der Waals surface area contributed by atoms with Crippen LogP contribution in [0.4, 0.5) is 4.39 Å². The summed E-state index contributed by atoms with van der Waals surface area (Å²) >= 11 is 1.27. The Morgan fingerprint density at radius 2 is 1.76 bits per heavy atom. The normalized spacial score (nSPS) is 15.1. The zero-order valence-electron chi connectivity index (χ0n) is 20.6. The van der Waals surface area contributed by atoms with Crippen molar-refractivity contribution in [2.45, 2.75) is 18.9 Å². The molecule has 0 spiro atoms. The number of hydrogen-bond donors (Lipinski definition) is 0. The fraction of sp³-hybridized carbons (Fsp3) is 0.250. The van der Waals surface area contributed by atoms with Crippen molar-refractivity contribution in [3.63, 3.8) is 0 Å². The summed E-state index contributed by atoms with van der Waals surface area (Å²) in [6, 6.07) is 12.5. The molecule has 0 bridgehead atoms. The lowest BCUT2D eigenvalue weighted by molar-refractivity contribution is 0.0669. The number of halogens is 1. The van der Waals surface area contributed by atoms with E-state index in [1.807, 2.05) is 11.4 Å². The van der Waals surface area contributed by atoms with Gasteiger partial charge in [-0.15, -0.1) is 11.3 Å². The minimum absolute atomic E-state index is 0.226. The summed E-state index contributed by atoms with van der Waals surface area (Å²) in [5, 5.41) is 2.52. The first kappa shape index (κ1) is 24.7. The number of amides is 1. The van der Waals surface area contributed by atoms with E-state index in [1.54, 1.807) is 41.3 Å². The number of aromatic nitrogens is 1. The molecule has 1 saturated heterocycles. The minimum Gasteiger partial charge on any atom is -0.494 e. The molecule has 1 amide bonds. The van der Waals surface area contributed by atoms with Gasteiger partial charge in [0.2, 0.25) is 5.78 Å². The second kappa shape index (κ2) is 10.2. The molecule has 3 heterocycles. The molecule has 0 saturated carbocycles. The van der Waals surface area contributed by atoms with Crippen LogP contribution in [0.5, 0.6) is 17.2 Å². The van der Waals surface area contributed by atoms with Crippen LogP contribution in [0, 0.1) is 5.82 Å². The van der Waals surface area contributed by atoms with Gasteiger partial charge in [-0.3, -0.25) is 9.59 Å². The van der Waals surface area contributed by atoms with E-state index in [-0.39, 0.29) is 23.2 Å². The second-order valence-electron chi connectivity index (χ2n) is 8.60. The van der Waals surface area contributed by atoms with Gasteiger partial charge in [0.1, 0.15) is 23.0 Å². The maximum atomic E-state index is 14.3. The third-order valence-corrected chi connectivity index (χ3v) is 7.59. The molecule has 7 nitrogen and oxygen atoms in total.